The summed E-state index contributed by atoms with van der Waals surface area (Å²) in [6.07, 6.45) is 3.85. The van der Waals surface area contributed by atoms with Gasteiger partial charge in [-0.15, -0.1) is 0 Å². The van der Waals surface area contributed by atoms with Crippen molar-refractivity contribution >= 4 is 49.2 Å². The van der Waals surface area contributed by atoms with Gasteiger partial charge in [-0.1, -0.05) is 17.4 Å². The predicted octanol–water partition coefficient (Wildman–Crippen LogP) is 3.90. The fourth-order valence-electron chi connectivity index (χ4n) is 3.39. The van der Waals surface area contributed by atoms with Gasteiger partial charge in [0.15, 0.2) is 4.80 Å². The average molecular weight is 476 g/mol. The van der Waals surface area contributed by atoms with Crippen molar-refractivity contribution in [3.8, 4) is 0 Å². The number of aromatic nitrogens is 1. The third-order valence-corrected chi connectivity index (χ3v) is 8.95. The number of hydrogen-bond acceptors (Lipinski definition) is 5. The molecule has 164 valence electrons. The molecule has 0 unspecified atom stereocenters. The number of thiazole rings is 1. The van der Waals surface area contributed by atoms with E-state index in [1.807, 2.05) is 6.92 Å². The molecule has 0 spiro atoms. The number of nitrogens with zero attached hydrogens (tertiary/aromatic N) is 3. The highest BCUT2D eigenvalue weighted by Gasteiger charge is 2.35. The number of rotatable bonds is 7. The Morgan fingerprint density at radius 3 is 2.58 bits per heavy atom. The Morgan fingerprint density at radius 1 is 1.23 bits per heavy atom. The molecule has 0 N–H and O–H groups in total. The van der Waals surface area contributed by atoms with Crippen LogP contribution in [0.25, 0.3) is 10.2 Å². The van der Waals surface area contributed by atoms with Gasteiger partial charge in [-0.25, -0.2) is 8.42 Å². The van der Waals surface area contributed by atoms with Gasteiger partial charge in [0, 0.05) is 31.0 Å². The maximum absolute atomic E-state index is 12.9. The smallest absolute Gasteiger partial charge is 0.279 e. The zero-order valence-electron chi connectivity index (χ0n) is 17.7. The van der Waals surface area contributed by atoms with Crippen molar-refractivity contribution < 1.29 is 13.2 Å². The molecule has 1 saturated carbocycles. The Bertz CT molecular complexity index is 1290. The van der Waals surface area contributed by atoms with Gasteiger partial charge in [-0.05, 0) is 68.0 Å². The van der Waals surface area contributed by atoms with E-state index in [2.05, 4.69) is 34.0 Å². The molecule has 4 rings (SSSR count). The first kappa shape index (κ1) is 22.3. The van der Waals surface area contributed by atoms with Crippen LogP contribution in [0, 0.1) is 6.92 Å². The lowest BCUT2D eigenvalue weighted by atomic mass is 10.2. The van der Waals surface area contributed by atoms with Crippen molar-refractivity contribution in [2.75, 3.05) is 19.1 Å². The number of sulfonamides is 1. The summed E-state index contributed by atoms with van der Waals surface area (Å²) in [7, 11) is -1.92. The molecule has 6 nitrogen and oxygen atoms in total. The fourth-order valence-corrected chi connectivity index (χ4v) is 6.32. The van der Waals surface area contributed by atoms with Gasteiger partial charge in [0.05, 0.1) is 15.1 Å². The third kappa shape index (κ3) is 4.64. The third-order valence-electron chi connectivity index (χ3n) is 5.39. The van der Waals surface area contributed by atoms with E-state index in [9.17, 15) is 13.2 Å². The molecule has 1 heterocycles. The first-order valence-corrected chi connectivity index (χ1v) is 13.7. The van der Waals surface area contributed by atoms with Crippen molar-refractivity contribution in [3.63, 3.8) is 0 Å². The Balaban J connectivity index is 1.66. The van der Waals surface area contributed by atoms with Gasteiger partial charge in [0.2, 0.25) is 10.0 Å². The number of amides is 1. The summed E-state index contributed by atoms with van der Waals surface area (Å²) >= 11 is 3.24. The summed E-state index contributed by atoms with van der Waals surface area (Å²) in [5, 5.41) is 0. The minimum atomic E-state index is -3.53. The maximum Gasteiger partial charge on any atom is 0.279 e. The molecule has 9 heteroatoms. The van der Waals surface area contributed by atoms with Gasteiger partial charge in [-0.2, -0.15) is 21.1 Å². The Kier molecular flexibility index (Phi) is 6.39. The molecular weight excluding hydrogens is 450 g/mol. The van der Waals surface area contributed by atoms with Crippen molar-refractivity contribution in [2.45, 2.75) is 37.2 Å². The van der Waals surface area contributed by atoms with Gasteiger partial charge >= 0.3 is 0 Å². The normalized spacial score (nSPS) is 15.2. The van der Waals surface area contributed by atoms with Crippen molar-refractivity contribution in [3.05, 3.63) is 58.4 Å². The molecule has 1 aromatic heterocycles. The maximum atomic E-state index is 12.9. The summed E-state index contributed by atoms with van der Waals surface area (Å²) in [4.78, 5) is 18.1. The number of fused-ring (bicyclic) bond motifs is 1. The number of carbonyl (C=O) groups is 1. The molecule has 1 fully saturated rings. The molecule has 3 aromatic rings. The van der Waals surface area contributed by atoms with Gasteiger partial charge < -0.3 is 4.57 Å². The number of aryl methyl sites for hydroxylation is 2. The lowest BCUT2D eigenvalue weighted by Gasteiger charge is -2.16. The highest BCUT2D eigenvalue weighted by Crippen LogP contribution is 2.30. The minimum absolute atomic E-state index is 0.0923. The second kappa shape index (κ2) is 8.90. The summed E-state index contributed by atoms with van der Waals surface area (Å²) in [6.45, 7) is 2.81. The fraction of sp³-hybridized carbons (Fsp3) is 0.364. The lowest BCUT2D eigenvalue weighted by molar-refractivity contribution is 0.0997. The van der Waals surface area contributed by atoms with Crippen LogP contribution >= 0.6 is 23.1 Å². The van der Waals surface area contributed by atoms with Crippen LogP contribution in [0.1, 0.15) is 28.8 Å². The van der Waals surface area contributed by atoms with E-state index >= 15 is 0 Å². The Hall–Kier alpha value is -1.94. The van der Waals surface area contributed by atoms with Crippen LogP contribution in [0.5, 0.6) is 0 Å². The summed E-state index contributed by atoms with van der Waals surface area (Å²) in [5.74, 6) is 0.544. The van der Waals surface area contributed by atoms with E-state index in [1.54, 1.807) is 30.9 Å². The SMILES string of the molecule is CSCCn1c(=NC(=O)c2ccc(S(=O)(=O)N(C)C3CC3)cc2)sc2cc(C)ccc21. The van der Waals surface area contributed by atoms with E-state index < -0.39 is 10.0 Å². The van der Waals surface area contributed by atoms with Gasteiger partial charge in [0.25, 0.3) is 5.91 Å². The van der Waals surface area contributed by atoms with E-state index in [-0.39, 0.29) is 16.8 Å². The Labute approximate surface area is 190 Å². The van der Waals surface area contributed by atoms with Crippen LogP contribution in [0.4, 0.5) is 0 Å². The van der Waals surface area contributed by atoms with Crippen LogP contribution in [0.3, 0.4) is 0 Å². The van der Waals surface area contributed by atoms with Crippen LogP contribution in [-0.4, -0.2) is 48.3 Å². The predicted molar refractivity (Wildman–Crippen MR) is 127 cm³/mol. The largest absolute Gasteiger partial charge is 0.316 e. The molecular formula is C22H25N3O3S3. The quantitative estimate of drug-likeness (QED) is 0.520. The number of thioether (sulfide) groups is 1. The second-order valence-corrected chi connectivity index (χ2v) is 11.7. The molecule has 1 amide bonds. The zero-order valence-corrected chi connectivity index (χ0v) is 20.2. The highest BCUT2D eigenvalue weighted by molar-refractivity contribution is 7.98. The molecule has 1 aliphatic carbocycles. The van der Waals surface area contributed by atoms with Crippen molar-refractivity contribution in [1.82, 2.24) is 8.87 Å². The number of carbonyl (C=O) groups excluding carboxylic acids is 1. The molecule has 31 heavy (non-hydrogen) atoms. The first-order chi connectivity index (χ1) is 14.8. The van der Waals surface area contributed by atoms with E-state index in [4.69, 9.17) is 0 Å². The zero-order chi connectivity index (χ0) is 22.2. The monoisotopic (exact) mass is 475 g/mol. The highest BCUT2D eigenvalue weighted by atomic mass is 32.2. The summed E-state index contributed by atoms with van der Waals surface area (Å²) < 4.78 is 29.9. The van der Waals surface area contributed by atoms with E-state index in [0.717, 1.165) is 40.9 Å². The molecule has 2 aromatic carbocycles. The first-order valence-electron chi connectivity index (χ1n) is 10.1. The van der Waals surface area contributed by atoms with Crippen molar-refractivity contribution in [1.29, 1.82) is 0 Å². The average Bonchev–Trinajstić information content (AvgIpc) is 3.54. The summed E-state index contributed by atoms with van der Waals surface area (Å²) in [5.41, 5.74) is 2.61. The minimum Gasteiger partial charge on any atom is -0.316 e. The van der Waals surface area contributed by atoms with Crippen LogP contribution in [0.15, 0.2) is 52.4 Å². The lowest BCUT2D eigenvalue weighted by Crippen LogP contribution is -2.28. The van der Waals surface area contributed by atoms with E-state index in [1.165, 1.54) is 27.8 Å². The molecule has 1 aliphatic rings. The second-order valence-electron chi connectivity index (χ2n) is 7.69. The van der Waals surface area contributed by atoms with Crippen molar-refractivity contribution in [2.24, 2.45) is 4.99 Å². The number of hydrogen-bond donors (Lipinski definition) is 0. The molecule has 0 bridgehead atoms. The molecule has 0 aliphatic heterocycles. The topological polar surface area (TPSA) is 71.7 Å². The van der Waals surface area contributed by atoms with Crippen LogP contribution in [0.2, 0.25) is 0 Å². The van der Waals surface area contributed by atoms with Gasteiger partial charge in [0.1, 0.15) is 0 Å². The molecule has 0 radical (unpaired) electrons. The van der Waals surface area contributed by atoms with Crippen LogP contribution < -0.4 is 4.80 Å². The van der Waals surface area contributed by atoms with Gasteiger partial charge in [-0.3, -0.25) is 4.79 Å². The van der Waals surface area contributed by atoms with E-state index in [0.29, 0.717) is 10.4 Å². The molecule has 0 saturated heterocycles. The standard InChI is InChI=1S/C22H25N3O3S3/c1-15-4-11-19-20(14-15)30-22(25(19)12-13-29-3)23-21(26)16-5-9-18(10-6-16)31(27,28)24(2)17-7-8-17/h4-6,9-11,14,17H,7-8,12-13H2,1-3H3. The van der Waals surface area contributed by atoms with Crippen LogP contribution in [-0.2, 0) is 16.6 Å². The summed E-state index contributed by atoms with van der Waals surface area (Å²) in [6, 6.07) is 12.4. The molecule has 0 atom stereocenters. The number of benzene rings is 2. The Morgan fingerprint density at radius 2 is 1.94 bits per heavy atom.